The van der Waals surface area contributed by atoms with Gasteiger partial charge in [-0.25, -0.2) is 0 Å². The number of amides is 2. The van der Waals surface area contributed by atoms with Crippen molar-refractivity contribution in [3.05, 3.63) is 108 Å². The summed E-state index contributed by atoms with van der Waals surface area (Å²) in [6.45, 7) is 0.306. The van der Waals surface area contributed by atoms with Crippen molar-refractivity contribution < 1.29 is 29.0 Å². The lowest BCUT2D eigenvalue weighted by Crippen LogP contribution is -2.35. The van der Waals surface area contributed by atoms with E-state index < -0.39 is 5.97 Å². The van der Waals surface area contributed by atoms with E-state index in [1.165, 1.54) is 9.80 Å². The summed E-state index contributed by atoms with van der Waals surface area (Å²) in [7, 11) is 4.79. The lowest BCUT2D eigenvalue weighted by Gasteiger charge is -2.24. The minimum Gasteiger partial charge on any atom is -0.493 e. The highest BCUT2D eigenvalue weighted by Crippen LogP contribution is 2.31. The first-order valence-electron chi connectivity index (χ1n) is 13.4. The average Bonchev–Trinajstić information content (AvgIpc) is 3.03. The van der Waals surface area contributed by atoms with Crippen molar-refractivity contribution in [3.63, 3.8) is 0 Å². The van der Waals surface area contributed by atoms with Crippen molar-refractivity contribution in [1.82, 2.24) is 9.88 Å². The van der Waals surface area contributed by atoms with Crippen molar-refractivity contribution >= 4 is 23.5 Å². The predicted octanol–water partition coefficient (Wildman–Crippen LogP) is 5.20. The molecule has 0 radical (unpaired) electrons. The molecule has 0 saturated heterocycles. The van der Waals surface area contributed by atoms with E-state index in [2.05, 4.69) is 4.98 Å². The molecule has 0 fully saturated rings. The summed E-state index contributed by atoms with van der Waals surface area (Å²) in [5.41, 5.74) is 3.52. The standard InChI is InChI=1S/C33H33N3O6/c1-35(24-9-8-18-34-22-24)32(39)27-12-6-4-10-25(27)26-11-5-7-13-28(26)33(40)36(20-17-31(37)38)19-16-23-14-15-29(41-2)30(21-23)42-3/h4-15,18,21-22H,16-17,19-20H2,1-3H3,(H,37,38). The topological polar surface area (TPSA) is 109 Å². The molecule has 9 heteroatoms. The van der Waals surface area contributed by atoms with E-state index in [0.717, 1.165) is 5.56 Å². The Morgan fingerprint density at radius 1 is 0.786 bits per heavy atom. The second-order valence-electron chi connectivity index (χ2n) is 9.54. The van der Waals surface area contributed by atoms with Crippen LogP contribution < -0.4 is 14.4 Å². The molecule has 0 aliphatic carbocycles. The highest BCUT2D eigenvalue weighted by atomic mass is 16.5. The summed E-state index contributed by atoms with van der Waals surface area (Å²) in [5.74, 6) is -0.411. The van der Waals surface area contributed by atoms with Gasteiger partial charge in [0, 0.05) is 37.5 Å². The second kappa shape index (κ2) is 13.9. The van der Waals surface area contributed by atoms with Gasteiger partial charge < -0.3 is 24.4 Å². The summed E-state index contributed by atoms with van der Waals surface area (Å²) in [6, 6.07) is 23.3. The Morgan fingerprint density at radius 3 is 2.02 bits per heavy atom. The first-order chi connectivity index (χ1) is 20.3. The molecular weight excluding hydrogens is 534 g/mol. The number of nitrogens with zero attached hydrogens (tertiary/aromatic N) is 3. The summed E-state index contributed by atoms with van der Waals surface area (Å²) < 4.78 is 10.7. The number of carbonyl (C=O) groups excluding carboxylic acids is 2. The number of ether oxygens (including phenoxy) is 2. The molecule has 1 heterocycles. The van der Waals surface area contributed by atoms with Crippen molar-refractivity contribution in [2.75, 3.05) is 39.3 Å². The number of carbonyl (C=O) groups is 3. The summed E-state index contributed by atoms with van der Waals surface area (Å²) in [4.78, 5) is 46.2. The molecule has 9 nitrogen and oxygen atoms in total. The van der Waals surface area contributed by atoms with E-state index in [1.807, 2.05) is 30.3 Å². The lowest BCUT2D eigenvalue weighted by atomic mass is 9.94. The maximum absolute atomic E-state index is 14.0. The number of aliphatic carboxylic acids is 1. The van der Waals surface area contributed by atoms with E-state index in [1.54, 1.807) is 82.2 Å². The second-order valence-corrected chi connectivity index (χ2v) is 9.54. The van der Waals surface area contributed by atoms with E-state index in [9.17, 15) is 19.5 Å². The zero-order valence-electron chi connectivity index (χ0n) is 23.8. The van der Waals surface area contributed by atoms with Gasteiger partial charge in [0.15, 0.2) is 11.5 Å². The third kappa shape index (κ3) is 6.93. The van der Waals surface area contributed by atoms with Crippen LogP contribution in [-0.2, 0) is 11.2 Å². The molecule has 42 heavy (non-hydrogen) atoms. The minimum absolute atomic E-state index is 0.0279. The van der Waals surface area contributed by atoms with Gasteiger partial charge in [-0.1, -0.05) is 42.5 Å². The Balaban J connectivity index is 1.66. The Hall–Kier alpha value is -5.18. The van der Waals surface area contributed by atoms with Gasteiger partial charge in [0.2, 0.25) is 0 Å². The number of hydrogen-bond acceptors (Lipinski definition) is 6. The SMILES string of the molecule is COc1ccc(CCN(CCC(=O)O)C(=O)c2ccccc2-c2ccccc2C(=O)N(C)c2cccnc2)cc1OC. The predicted molar refractivity (Wildman–Crippen MR) is 160 cm³/mol. The maximum atomic E-state index is 14.0. The molecule has 2 amide bonds. The van der Waals surface area contributed by atoms with E-state index in [0.29, 0.717) is 45.9 Å². The number of carboxylic acids is 1. The third-order valence-corrected chi connectivity index (χ3v) is 6.94. The summed E-state index contributed by atoms with van der Waals surface area (Å²) >= 11 is 0. The molecule has 216 valence electrons. The monoisotopic (exact) mass is 567 g/mol. The Bertz CT molecular complexity index is 1560. The number of aromatic nitrogens is 1. The molecule has 4 rings (SSSR count). The van der Waals surface area contributed by atoms with Crippen LogP contribution in [0.3, 0.4) is 0 Å². The van der Waals surface area contributed by atoms with Gasteiger partial charge >= 0.3 is 5.97 Å². The van der Waals surface area contributed by atoms with Crippen molar-refractivity contribution in [3.8, 4) is 22.6 Å². The molecule has 0 spiro atoms. The van der Waals surface area contributed by atoms with Crippen LogP contribution in [-0.4, -0.2) is 67.1 Å². The van der Waals surface area contributed by atoms with Crippen LogP contribution >= 0.6 is 0 Å². The van der Waals surface area contributed by atoms with Crippen LogP contribution in [0.2, 0.25) is 0 Å². The van der Waals surface area contributed by atoms with Gasteiger partial charge in [-0.05, 0) is 59.5 Å². The molecule has 1 N–H and O–H groups in total. The molecule has 0 unspecified atom stereocenters. The number of methoxy groups -OCH3 is 2. The Morgan fingerprint density at radius 2 is 1.43 bits per heavy atom. The number of anilines is 1. The Kier molecular flexibility index (Phi) is 9.89. The van der Waals surface area contributed by atoms with Gasteiger partial charge in [0.1, 0.15) is 0 Å². The minimum atomic E-state index is -0.999. The van der Waals surface area contributed by atoms with E-state index in [4.69, 9.17) is 9.47 Å². The number of rotatable bonds is 12. The van der Waals surface area contributed by atoms with Gasteiger partial charge in [0.05, 0.1) is 32.5 Å². The molecular formula is C33H33N3O6. The number of benzene rings is 3. The first-order valence-corrected chi connectivity index (χ1v) is 13.4. The first kappa shape index (κ1) is 29.8. The Labute approximate surface area is 244 Å². The molecule has 0 aliphatic rings. The lowest BCUT2D eigenvalue weighted by molar-refractivity contribution is -0.137. The van der Waals surface area contributed by atoms with Crippen LogP contribution in [0.25, 0.3) is 11.1 Å². The zero-order chi connectivity index (χ0) is 30.1. The molecule has 3 aromatic carbocycles. The number of pyridine rings is 1. The number of carboxylic acid groups (broad SMARTS) is 1. The third-order valence-electron chi connectivity index (χ3n) is 6.94. The number of hydrogen-bond donors (Lipinski definition) is 1. The van der Waals surface area contributed by atoms with Crippen molar-refractivity contribution in [2.45, 2.75) is 12.8 Å². The average molecular weight is 568 g/mol. The molecule has 0 atom stereocenters. The highest BCUT2D eigenvalue weighted by Gasteiger charge is 2.24. The van der Waals surface area contributed by atoms with Crippen molar-refractivity contribution in [2.24, 2.45) is 0 Å². The summed E-state index contributed by atoms with van der Waals surface area (Å²) in [6.07, 6.45) is 3.51. The highest BCUT2D eigenvalue weighted by molar-refractivity contribution is 6.11. The fourth-order valence-corrected chi connectivity index (χ4v) is 4.68. The molecule has 1 aromatic heterocycles. The van der Waals surface area contributed by atoms with Crippen molar-refractivity contribution in [1.29, 1.82) is 0 Å². The van der Waals surface area contributed by atoms with E-state index >= 15 is 0 Å². The van der Waals surface area contributed by atoms with E-state index in [-0.39, 0.29) is 31.3 Å². The normalized spacial score (nSPS) is 10.5. The molecule has 0 saturated carbocycles. The fourth-order valence-electron chi connectivity index (χ4n) is 4.68. The zero-order valence-corrected chi connectivity index (χ0v) is 23.8. The van der Waals surface area contributed by atoms with Crippen LogP contribution in [0.1, 0.15) is 32.7 Å². The fraction of sp³-hybridized carbons (Fsp3) is 0.212. The van der Waals surface area contributed by atoms with Crippen LogP contribution in [0.5, 0.6) is 11.5 Å². The van der Waals surface area contributed by atoms with Crippen LogP contribution in [0.4, 0.5) is 5.69 Å². The van der Waals surface area contributed by atoms with Crippen LogP contribution in [0.15, 0.2) is 91.3 Å². The molecule has 0 bridgehead atoms. The largest absolute Gasteiger partial charge is 0.493 e. The van der Waals surface area contributed by atoms with Gasteiger partial charge in [-0.15, -0.1) is 0 Å². The molecule has 4 aromatic rings. The quantitative estimate of drug-likeness (QED) is 0.251. The summed E-state index contributed by atoms with van der Waals surface area (Å²) in [5, 5.41) is 9.39. The van der Waals surface area contributed by atoms with Gasteiger partial charge in [0.25, 0.3) is 11.8 Å². The van der Waals surface area contributed by atoms with Gasteiger partial charge in [-0.2, -0.15) is 0 Å². The van der Waals surface area contributed by atoms with Gasteiger partial charge in [-0.3, -0.25) is 19.4 Å². The molecule has 0 aliphatic heterocycles. The maximum Gasteiger partial charge on any atom is 0.305 e. The smallest absolute Gasteiger partial charge is 0.305 e. The van der Waals surface area contributed by atoms with Crippen LogP contribution in [0, 0.1) is 0 Å².